The predicted molar refractivity (Wildman–Crippen MR) is 120 cm³/mol. The van der Waals surface area contributed by atoms with Gasteiger partial charge in [-0.05, 0) is 74.7 Å². The van der Waals surface area contributed by atoms with Crippen molar-refractivity contribution < 1.29 is 13.2 Å². The third kappa shape index (κ3) is 3.71. The molecule has 1 amide bonds. The van der Waals surface area contributed by atoms with Crippen molar-refractivity contribution in [1.82, 2.24) is 0 Å². The Hall–Kier alpha value is -3.12. The Morgan fingerprint density at radius 2 is 1.70 bits per heavy atom. The number of benzene rings is 3. The topological polar surface area (TPSA) is 66.5 Å². The summed E-state index contributed by atoms with van der Waals surface area (Å²) >= 11 is 0. The van der Waals surface area contributed by atoms with Gasteiger partial charge in [-0.2, -0.15) is 0 Å². The highest BCUT2D eigenvalue weighted by Gasteiger charge is 2.31. The van der Waals surface area contributed by atoms with Crippen LogP contribution in [0.15, 0.2) is 71.6 Å². The first-order valence-corrected chi connectivity index (χ1v) is 11.4. The minimum Gasteiger partial charge on any atom is -0.305 e. The van der Waals surface area contributed by atoms with Crippen molar-refractivity contribution in [3.63, 3.8) is 0 Å². The lowest BCUT2D eigenvalue weighted by Crippen LogP contribution is -2.35. The van der Waals surface area contributed by atoms with Gasteiger partial charge in [-0.25, -0.2) is 8.42 Å². The van der Waals surface area contributed by atoms with Gasteiger partial charge in [-0.15, -0.1) is 0 Å². The molecule has 0 saturated carbocycles. The number of sulfonamides is 1. The second-order valence-electron chi connectivity index (χ2n) is 7.81. The van der Waals surface area contributed by atoms with Crippen molar-refractivity contribution in [2.24, 2.45) is 0 Å². The van der Waals surface area contributed by atoms with Gasteiger partial charge < -0.3 is 4.90 Å². The van der Waals surface area contributed by atoms with Crippen LogP contribution in [0.2, 0.25) is 0 Å². The number of para-hydroxylation sites is 1. The standard InChI is InChI=1S/C24H24N2O3S/c1-16-8-11-21(12-9-16)30(28,29)25-22-13-10-20(14-17(22)2)24(27)26-18(3)15-19-6-4-5-7-23(19)26/h4-14,18,25H,15H2,1-3H3/t18-/m0/s1. The Kier molecular flexibility index (Phi) is 5.12. The number of nitrogens with zero attached hydrogens (tertiary/aromatic N) is 1. The highest BCUT2D eigenvalue weighted by atomic mass is 32.2. The van der Waals surface area contributed by atoms with E-state index >= 15 is 0 Å². The Morgan fingerprint density at radius 1 is 1.00 bits per heavy atom. The highest BCUT2D eigenvalue weighted by Crippen LogP contribution is 2.33. The van der Waals surface area contributed by atoms with Crippen molar-refractivity contribution in [2.45, 2.75) is 38.1 Å². The van der Waals surface area contributed by atoms with Crippen LogP contribution in [0, 0.1) is 13.8 Å². The van der Waals surface area contributed by atoms with E-state index in [2.05, 4.69) is 4.72 Å². The van der Waals surface area contributed by atoms with E-state index in [0.29, 0.717) is 16.8 Å². The summed E-state index contributed by atoms with van der Waals surface area (Å²) in [6, 6.07) is 19.8. The molecule has 1 N–H and O–H groups in total. The number of carbonyl (C=O) groups is 1. The summed E-state index contributed by atoms with van der Waals surface area (Å²) < 4.78 is 28.0. The molecule has 5 nitrogen and oxygen atoms in total. The van der Waals surface area contributed by atoms with Crippen LogP contribution < -0.4 is 9.62 Å². The number of nitrogens with one attached hydrogen (secondary N) is 1. The largest absolute Gasteiger partial charge is 0.305 e. The molecule has 6 heteroatoms. The van der Waals surface area contributed by atoms with Gasteiger partial charge in [0.15, 0.2) is 0 Å². The van der Waals surface area contributed by atoms with Crippen molar-refractivity contribution in [3.05, 3.63) is 89.0 Å². The smallest absolute Gasteiger partial charge is 0.261 e. The second kappa shape index (κ2) is 7.61. The molecule has 4 rings (SSSR count). The maximum Gasteiger partial charge on any atom is 0.261 e. The summed E-state index contributed by atoms with van der Waals surface area (Å²) in [6.07, 6.45) is 0.829. The molecule has 3 aromatic rings. The number of rotatable bonds is 4. The first-order valence-electron chi connectivity index (χ1n) is 9.88. The van der Waals surface area contributed by atoms with E-state index in [0.717, 1.165) is 23.2 Å². The Labute approximate surface area is 177 Å². The van der Waals surface area contributed by atoms with Crippen molar-refractivity contribution in [3.8, 4) is 0 Å². The van der Waals surface area contributed by atoms with E-state index in [-0.39, 0.29) is 16.8 Å². The van der Waals surface area contributed by atoms with Crippen molar-refractivity contribution in [1.29, 1.82) is 0 Å². The van der Waals surface area contributed by atoms with Crippen molar-refractivity contribution >= 4 is 27.3 Å². The van der Waals surface area contributed by atoms with E-state index < -0.39 is 10.0 Å². The molecule has 1 heterocycles. The lowest BCUT2D eigenvalue weighted by molar-refractivity contribution is 0.0981. The zero-order valence-electron chi connectivity index (χ0n) is 17.2. The van der Waals surface area contributed by atoms with Crippen LogP contribution in [0.4, 0.5) is 11.4 Å². The molecule has 0 fully saturated rings. The number of fused-ring (bicyclic) bond motifs is 1. The van der Waals surface area contributed by atoms with Crippen LogP contribution in [0.3, 0.4) is 0 Å². The Morgan fingerprint density at radius 3 is 2.40 bits per heavy atom. The zero-order chi connectivity index (χ0) is 21.5. The lowest BCUT2D eigenvalue weighted by Gasteiger charge is -2.23. The molecule has 0 spiro atoms. The van der Waals surface area contributed by atoms with Gasteiger partial charge in [0.2, 0.25) is 0 Å². The van der Waals surface area contributed by atoms with E-state index in [4.69, 9.17) is 0 Å². The normalized spacial score (nSPS) is 15.7. The van der Waals surface area contributed by atoms with Gasteiger partial charge in [0.25, 0.3) is 15.9 Å². The molecule has 0 radical (unpaired) electrons. The van der Waals surface area contributed by atoms with Gasteiger partial charge in [0.1, 0.15) is 0 Å². The lowest BCUT2D eigenvalue weighted by atomic mass is 10.1. The number of carbonyl (C=O) groups excluding carboxylic acids is 1. The number of amides is 1. The predicted octanol–water partition coefficient (Wildman–Crippen LogP) is 4.70. The average molecular weight is 421 g/mol. The summed E-state index contributed by atoms with van der Waals surface area (Å²) in [4.78, 5) is 15.2. The molecule has 0 aromatic heterocycles. The monoisotopic (exact) mass is 420 g/mol. The molecule has 1 atom stereocenters. The summed E-state index contributed by atoms with van der Waals surface area (Å²) in [6.45, 7) is 5.74. The van der Waals surface area contributed by atoms with Gasteiger partial charge in [-0.3, -0.25) is 9.52 Å². The summed E-state index contributed by atoms with van der Waals surface area (Å²) in [5.74, 6) is -0.0801. The SMILES string of the molecule is Cc1ccc(S(=O)(=O)Nc2ccc(C(=O)N3c4ccccc4C[C@@H]3C)cc2C)cc1. The van der Waals surface area contributed by atoms with E-state index in [9.17, 15) is 13.2 Å². The average Bonchev–Trinajstić information content (AvgIpc) is 3.05. The molecule has 154 valence electrons. The van der Waals surface area contributed by atoms with Crippen LogP contribution in [-0.4, -0.2) is 20.4 Å². The fourth-order valence-electron chi connectivity index (χ4n) is 3.85. The Bertz CT molecular complexity index is 1220. The van der Waals surface area contributed by atoms with Crippen LogP contribution in [-0.2, 0) is 16.4 Å². The molecule has 1 aliphatic rings. The van der Waals surface area contributed by atoms with Crippen molar-refractivity contribution in [2.75, 3.05) is 9.62 Å². The van der Waals surface area contributed by atoms with Crippen LogP contribution in [0.5, 0.6) is 0 Å². The number of hydrogen-bond acceptors (Lipinski definition) is 3. The Balaban J connectivity index is 1.59. The van der Waals surface area contributed by atoms with Crippen LogP contribution in [0.25, 0.3) is 0 Å². The molecule has 1 aliphatic heterocycles. The number of hydrogen-bond donors (Lipinski definition) is 1. The molecule has 0 saturated heterocycles. The third-order valence-corrected chi connectivity index (χ3v) is 6.86. The molecule has 30 heavy (non-hydrogen) atoms. The number of aryl methyl sites for hydroxylation is 2. The first-order chi connectivity index (χ1) is 14.3. The van der Waals surface area contributed by atoms with E-state index in [1.165, 1.54) is 0 Å². The van der Waals surface area contributed by atoms with Gasteiger partial charge in [0, 0.05) is 17.3 Å². The molecular weight excluding hydrogens is 396 g/mol. The second-order valence-corrected chi connectivity index (χ2v) is 9.49. The number of anilines is 2. The fraction of sp³-hybridized carbons (Fsp3) is 0.208. The third-order valence-electron chi connectivity index (χ3n) is 5.48. The maximum absolute atomic E-state index is 13.2. The molecule has 0 unspecified atom stereocenters. The maximum atomic E-state index is 13.2. The quantitative estimate of drug-likeness (QED) is 0.666. The molecule has 3 aromatic carbocycles. The minimum absolute atomic E-state index is 0.0786. The summed E-state index contributed by atoms with van der Waals surface area (Å²) in [5, 5.41) is 0. The minimum atomic E-state index is -3.70. The molecular formula is C24H24N2O3S. The fourth-order valence-corrected chi connectivity index (χ4v) is 4.98. The van der Waals surface area contributed by atoms with Gasteiger partial charge in [0.05, 0.1) is 10.6 Å². The van der Waals surface area contributed by atoms with E-state index in [1.807, 2.05) is 43.0 Å². The summed E-state index contributed by atoms with van der Waals surface area (Å²) in [7, 11) is -3.70. The summed E-state index contributed by atoms with van der Waals surface area (Å²) in [5.41, 5.74) is 4.79. The van der Waals surface area contributed by atoms with E-state index in [1.54, 1.807) is 49.4 Å². The van der Waals surface area contributed by atoms with Gasteiger partial charge in [-0.1, -0.05) is 35.9 Å². The highest BCUT2D eigenvalue weighted by molar-refractivity contribution is 7.92. The van der Waals surface area contributed by atoms with Crippen LogP contribution in [0.1, 0.15) is 34.0 Å². The first kappa shape index (κ1) is 20.2. The van der Waals surface area contributed by atoms with Gasteiger partial charge >= 0.3 is 0 Å². The molecule has 0 bridgehead atoms. The van der Waals surface area contributed by atoms with Crippen LogP contribution >= 0.6 is 0 Å². The zero-order valence-corrected chi connectivity index (χ0v) is 18.0. The molecule has 0 aliphatic carbocycles.